The molecule has 1 unspecified atom stereocenters. The van der Waals surface area contributed by atoms with Crippen LogP contribution in [0.1, 0.15) is 29.5 Å². The molecule has 1 aromatic carbocycles. The molecule has 1 fully saturated rings. The minimum Gasteiger partial charge on any atom is -0.391 e. The molecule has 1 saturated heterocycles. The second-order valence-corrected chi connectivity index (χ2v) is 7.74. The van der Waals surface area contributed by atoms with E-state index in [0.29, 0.717) is 24.0 Å². The summed E-state index contributed by atoms with van der Waals surface area (Å²) in [7, 11) is 0. The first kappa shape index (κ1) is 22.1. The van der Waals surface area contributed by atoms with Crippen LogP contribution in [0.5, 0.6) is 0 Å². The molecule has 2 aromatic heterocycles. The highest BCUT2D eigenvalue weighted by molar-refractivity contribution is 6.33. The number of anilines is 2. The lowest BCUT2D eigenvalue weighted by atomic mass is 9.99. The molecule has 0 spiro atoms. The Morgan fingerprint density at radius 1 is 1.23 bits per heavy atom. The molecule has 3 aromatic rings. The van der Waals surface area contributed by atoms with Gasteiger partial charge in [-0.2, -0.15) is 0 Å². The third kappa shape index (κ3) is 5.95. The Hall–Kier alpha value is -2.61. The summed E-state index contributed by atoms with van der Waals surface area (Å²) in [6, 6.07) is 5.97. The van der Waals surface area contributed by atoms with E-state index in [0.717, 1.165) is 53.0 Å². The quantitative estimate of drug-likeness (QED) is 0.564. The highest BCUT2D eigenvalue weighted by atomic mass is 35.5. The standard InChI is InChI=1S/C17H17ClN4O.C5H10O2/c1-10-3-13(14-5-16(19)20-8-15(14)18)4-11(2)17(10)21-6-12-7-22-23-9-12;6-5-2-1-3-7-4-5/h3-5,7-9,21H,6H2,1-2H3,(H2,19,20);5-6H,1-4H2. The number of nitrogens with two attached hydrogens (primary N) is 1. The van der Waals surface area contributed by atoms with E-state index in [-0.39, 0.29) is 6.10 Å². The van der Waals surface area contributed by atoms with Gasteiger partial charge in [0.2, 0.25) is 0 Å². The van der Waals surface area contributed by atoms with Crippen molar-refractivity contribution >= 4 is 23.1 Å². The number of rotatable bonds is 4. The number of aromatic nitrogens is 2. The highest BCUT2D eigenvalue weighted by Gasteiger charge is 2.11. The van der Waals surface area contributed by atoms with Gasteiger partial charge < -0.3 is 25.4 Å². The Labute approximate surface area is 181 Å². The zero-order valence-electron chi connectivity index (χ0n) is 17.2. The van der Waals surface area contributed by atoms with E-state index in [2.05, 4.69) is 41.4 Å². The molecule has 160 valence electrons. The third-order valence-electron chi connectivity index (χ3n) is 4.81. The van der Waals surface area contributed by atoms with Gasteiger partial charge in [0.15, 0.2) is 0 Å². The molecule has 1 aliphatic heterocycles. The topological polar surface area (TPSA) is 106 Å². The summed E-state index contributed by atoms with van der Waals surface area (Å²) < 4.78 is 9.77. The molecule has 0 bridgehead atoms. The summed E-state index contributed by atoms with van der Waals surface area (Å²) in [6.45, 7) is 6.15. The predicted molar refractivity (Wildman–Crippen MR) is 118 cm³/mol. The molecule has 0 aliphatic carbocycles. The Morgan fingerprint density at radius 2 is 2.00 bits per heavy atom. The van der Waals surface area contributed by atoms with E-state index in [1.54, 1.807) is 24.7 Å². The maximum atomic E-state index is 8.78. The van der Waals surface area contributed by atoms with Crippen molar-refractivity contribution in [2.75, 3.05) is 24.3 Å². The SMILES string of the molecule is Cc1cc(-c2cc(N)ncc2Cl)cc(C)c1NCc1cnoc1.OC1CCCOC1. The fraction of sp³-hybridized carbons (Fsp3) is 0.364. The number of aliphatic hydroxyl groups is 1. The van der Waals surface area contributed by atoms with Gasteiger partial charge in [0, 0.05) is 36.2 Å². The molecule has 0 saturated carbocycles. The van der Waals surface area contributed by atoms with Crippen LogP contribution in [0.2, 0.25) is 5.02 Å². The molecule has 1 aliphatic rings. The summed E-state index contributed by atoms with van der Waals surface area (Å²) >= 11 is 6.25. The number of nitrogens with one attached hydrogen (secondary N) is 1. The first-order valence-corrected chi connectivity index (χ1v) is 10.2. The lowest BCUT2D eigenvalue weighted by Gasteiger charge is -2.15. The molecular weight excluding hydrogens is 404 g/mol. The van der Waals surface area contributed by atoms with Crippen LogP contribution >= 0.6 is 11.6 Å². The first-order valence-electron chi connectivity index (χ1n) is 9.84. The fourth-order valence-electron chi connectivity index (χ4n) is 3.30. The molecule has 4 rings (SSSR count). The highest BCUT2D eigenvalue weighted by Crippen LogP contribution is 2.33. The van der Waals surface area contributed by atoms with Gasteiger partial charge in [-0.05, 0) is 61.6 Å². The average Bonchev–Trinajstić information content (AvgIpc) is 3.24. The number of pyridine rings is 1. The van der Waals surface area contributed by atoms with Gasteiger partial charge in [0.25, 0.3) is 0 Å². The van der Waals surface area contributed by atoms with Gasteiger partial charge in [0.05, 0.1) is 23.9 Å². The average molecular weight is 431 g/mol. The van der Waals surface area contributed by atoms with Gasteiger partial charge in [-0.1, -0.05) is 16.8 Å². The van der Waals surface area contributed by atoms with Crippen molar-refractivity contribution < 1.29 is 14.4 Å². The number of nitrogens with zero attached hydrogens (tertiary/aromatic N) is 2. The van der Waals surface area contributed by atoms with Crippen molar-refractivity contribution in [1.82, 2.24) is 10.1 Å². The summed E-state index contributed by atoms with van der Waals surface area (Å²) in [6.07, 6.45) is 6.65. The van der Waals surface area contributed by atoms with Gasteiger partial charge in [0.1, 0.15) is 12.1 Å². The second kappa shape index (κ2) is 10.4. The van der Waals surface area contributed by atoms with E-state index in [9.17, 15) is 0 Å². The van der Waals surface area contributed by atoms with Gasteiger partial charge in [-0.3, -0.25) is 0 Å². The second-order valence-electron chi connectivity index (χ2n) is 7.33. The number of aryl methyl sites for hydroxylation is 2. The fourth-order valence-corrected chi connectivity index (χ4v) is 3.51. The van der Waals surface area contributed by atoms with Crippen LogP contribution < -0.4 is 11.1 Å². The largest absolute Gasteiger partial charge is 0.391 e. The lowest BCUT2D eigenvalue weighted by Crippen LogP contribution is -2.21. The predicted octanol–water partition coefficient (Wildman–Crippen LogP) is 4.36. The zero-order chi connectivity index (χ0) is 21.5. The van der Waals surface area contributed by atoms with E-state index in [4.69, 9.17) is 31.7 Å². The molecule has 3 heterocycles. The Balaban J connectivity index is 0.000000310. The molecule has 7 nitrogen and oxygen atoms in total. The summed E-state index contributed by atoms with van der Waals surface area (Å²) in [5.74, 6) is 0.453. The van der Waals surface area contributed by atoms with Crippen LogP contribution in [0, 0.1) is 13.8 Å². The summed E-state index contributed by atoms with van der Waals surface area (Å²) in [5, 5.41) is 16.5. The lowest BCUT2D eigenvalue weighted by molar-refractivity contribution is -0.00535. The van der Waals surface area contributed by atoms with Crippen molar-refractivity contribution in [2.45, 2.75) is 39.3 Å². The maximum Gasteiger partial charge on any atom is 0.128 e. The normalized spacial score (nSPS) is 15.9. The number of nitrogen functional groups attached to an aromatic ring is 1. The van der Waals surface area contributed by atoms with Crippen LogP contribution in [0.15, 0.2) is 41.4 Å². The third-order valence-corrected chi connectivity index (χ3v) is 5.11. The Morgan fingerprint density at radius 3 is 2.57 bits per heavy atom. The summed E-state index contributed by atoms with van der Waals surface area (Å²) in [4.78, 5) is 4.00. The molecule has 1 atom stereocenters. The molecule has 0 amide bonds. The number of ether oxygens (including phenoxy) is 1. The Bertz CT molecular complexity index is 934. The van der Waals surface area contributed by atoms with Gasteiger partial charge in [-0.25, -0.2) is 4.98 Å². The maximum absolute atomic E-state index is 8.78. The zero-order valence-corrected chi connectivity index (χ0v) is 17.9. The molecule has 30 heavy (non-hydrogen) atoms. The minimum atomic E-state index is -0.186. The van der Waals surface area contributed by atoms with Crippen molar-refractivity contribution in [3.63, 3.8) is 0 Å². The van der Waals surface area contributed by atoms with Gasteiger partial charge in [-0.15, -0.1) is 0 Å². The van der Waals surface area contributed by atoms with Crippen LogP contribution in [-0.4, -0.2) is 34.6 Å². The molecular formula is C22H27ClN4O3. The van der Waals surface area contributed by atoms with E-state index in [1.807, 2.05) is 0 Å². The molecule has 4 N–H and O–H groups in total. The van der Waals surface area contributed by atoms with Crippen molar-refractivity contribution in [2.24, 2.45) is 0 Å². The van der Waals surface area contributed by atoms with E-state index < -0.39 is 0 Å². The van der Waals surface area contributed by atoms with Gasteiger partial charge >= 0.3 is 0 Å². The van der Waals surface area contributed by atoms with Crippen LogP contribution in [0.25, 0.3) is 11.1 Å². The summed E-state index contributed by atoms with van der Waals surface area (Å²) in [5.41, 5.74) is 12.0. The van der Waals surface area contributed by atoms with Crippen molar-refractivity contribution in [1.29, 1.82) is 0 Å². The first-order chi connectivity index (χ1) is 14.4. The molecule has 8 heteroatoms. The number of hydrogen-bond acceptors (Lipinski definition) is 7. The number of hydrogen-bond donors (Lipinski definition) is 3. The van der Waals surface area contributed by atoms with Crippen LogP contribution in [0.4, 0.5) is 11.5 Å². The monoisotopic (exact) mass is 430 g/mol. The van der Waals surface area contributed by atoms with Crippen LogP contribution in [-0.2, 0) is 11.3 Å². The van der Waals surface area contributed by atoms with Crippen molar-refractivity contribution in [3.05, 3.63) is 58.6 Å². The van der Waals surface area contributed by atoms with E-state index in [1.165, 1.54) is 0 Å². The van der Waals surface area contributed by atoms with Crippen LogP contribution in [0.3, 0.4) is 0 Å². The number of aliphatic hydroxyl groups excluding tert-OH is 1. The Kier molecular flexibility index (Phi) is 7.68. The van der Waals surface area contributed by atoms with E-state index >= 15 is 0 Å². The van der Waals surface area contributed by atoms with Crippen molar-refractivity contribution in [3.8, 4) is 11.1 Å². The smallest absolute Gasteiger partial charge is 0.128 e. The minimum absolute atomic E-state index is 0.186. The number of halogens is 1. The number of benzene rings is 1. The molecule has 0 radical (unpaired) electrons.